The summed E-state index contributed by atoms with van der Waals surface area (Å²) in [5, 5.41) is 11.8. The molecule has 0 atom stereocenters. The molecular weight excluding hydrogens is 442 g/mol. The highest BCUT2D eigenvalue weighted by atomic mass is 16.5. The quantitative estimate of drug-likeness (QED) is 0.450. The van der Waals surface area contributed by atoms with Gasteiger partial charge in [0, 0.05) is 42.7 Å². The Hall–Kier alpha value is -4.29. The number of anilines is 2. The molecule has 0 aliphatic heterocycles. The standard InChI is InChI=1S/C26H25N7O2/c1-35-20-8-6-18(7-9-20)25-32-22(23-24(28)30-12-13-33(23)25)17-2-4-19(5-3-17)26(34)31-21-14-16(15-27)10-11-29-21/h2-5,10-14,18,20H,6-9H2,1H3,(H2,28,30)(H,29,31,34). The van der Waals surface area contributed by atoms with Gasteiger partial charge in [-0.1, -0.05) is 12.1 Å². The summed E-state index contributed by atoms with van der Waals surface area (Å²) in [6.45, 7) is 0. The van der Waals surface area contributed by atoms with Gasteiger partial charge in [-0.15, -0.1) is 0 Å². The van der Waals surface area contributed by atoms with Crippen molar-refractivity contribution in [2.45, 2.75) is 37.7 Å². The van der Waals surface area contributed by atoms with Crippen LogP contribution in [0.15, 0.2) is 55.0 Å². The minimum Gasteiger partial charge on any atom is -0.382 e. The fraction of sp³-hybridized carbons (Fsp3) is 0.269. The van der Waals surface area contributed by atoms with Crippen molar-refractivity contribution in [2.24, 2.45) is 0 Å². The van der Waals surface area contributed by atoms with E-state index in [0.717, 1.165) is 48.3 Å². The molecule has 0 radical (unpaired) electrons. The molecule has 0 spiro atoms. The van der Waals surface area contributed by atoms with Gasteiger partial charge in [0.05, 0.1) is 17.7 Å². The van der Waals surface area contributed by atoms with Gasteiger partial charge in [0.1, 0.15) is 28.7 Å². The van der Waals surface area contributed by atoms with E-state index in [1.807, 2.05) is 28.8 Å². The van der Waals surface area contributed by atoms with Crippen LogP contribution >= 0.6 is 0 Å². The number of nitrogens with zero attached hydrogens (tertiary/aromatic N) is 5. The number of aromatic nitrogens is 4. The molecule has 4 aromatic rings. The first-order valence-corrected chi connectivity index (χ1v) is 11.5. The maximum Gasteiger partial charge on any atom is 0.256 e. The van der Waals surface area contributed by atoms with Gasteiger partial charge < -0.3 is 15.8 Å². The molecule has 3 heterocycles. The largest absolute Gasteiger partial charge is 0.382 e. The zero-order valence-corrected chi connectivity index (χ0v) is 19.3. The summed E-state index contributed by atoms with van der Waals surface area (Å²) < 4.78 is 7.57. The number of nitrogen functional groups attached to an aromatic ring is 1. The van der Waals surface area contributed by atoms with Gasteiger partial charge in [0.25, 0.3) is 5.91 Å². The van der Waals surface area contributed by atoms with E-state index >= 15 is 0 Å². The van der Waals surface area contributed by atoms with Gasteiger partial charge in [0.15, 0.2) is 0 Å². The van der Waals surface area contributed by atoms with Gasteiger partial charge in [-0.3, -0.25) is 9.20 Å². The number of carbonyl (C=O) groups excluding carboxylic acids is 1. The maximum atomic E-state index is 12.7. The highest BCUT2D eigenvalue weighted by molar-refractivity contribution is 6.04. The molecular formula is C26H25N7O2. The van der Waals surface area contributed by atoms with Crippen molar-refractivity contribution in [3.05, 3.63) is 71.9 Å². The number of hydrogen-bond donors (Lipinski definition) is 2. The van der Waals surface area contributed by atoms with Crippen molar-refractivity contribution in [2.75, 3.05) is 18.2 Å². The van der Waals surface area contributed by atoms with E-state index in [-0.39, 0.29) is 5.91 Å². The Morgan fingerprint density at radius 1 is 1.14 bits per heavy atom. The van der Waals surface area contributed by atoms with E-state index in [1.54, 1.807) is 31.5 Å². The molecule has 1 saturated carbocycles. The second-order valence-electron chi connectivity index (χ2n) is 8.63. The molecule has 3 N–H and O–H groups in total. The van der Waals surface area contributed by atoms with E-state index in [2.05, 4.69) is 15.3 Å². The number of ether oxygens (including phenoxy) is 1. The molecule has 0 unspecified atom stereocenters. The summed E-state index contributed by atoms with van der Waals surface area (Å²) >= 11 is 0. The first-order valence-electron chi connectivity index (χ1n) is 11.5. The Balaban J connectivity index is 1.43. The second kappa shape index (κ2) is 9.52. The number of pyridine rings is 1. The average molecular weight is 468 g/mol. The summed E-state index contributed by atoms with van der Waals surface area (Å²) in [5.41, 5.74) is 9.53. The first-order chi connectivity index (χ1) is 17.1. The fourth-order valence-corrected chi connectivity index (χ4v) is 4.67. The minimum absolute atomic E-state index is 0.306. The molecule has 1 aliphatic carbocycles. The molecule has 0 saturated heterocycles. The van der Waals surface area contributed by atoms with Crippen LogP contribution < -0.4 is 11.1 Å². The monoisotopic (exact) mass is 467 g/mol. The van der Waals surface area contributed by atoms with E-state index in [9.17, 15) is 4.79 Å². The number of fused-ring (bicyclic) bond motifs is 1. The van der Waals surface area contributed by atoms with E-state index < -0.39 is 0 Å². The predicted molar refractivity (Wildman–Crippen MR) is 132 cm³/mol. The summed E-state index contributed by atoms with van der Waals surface area (Å²) in [5.74, 6) is 1.71. The normalized spacial score (nSPS) is 17.7. The maximum absolute atomic E-state index is 12.7. The van der Waals surface area contributed by atoms with Crippen LogP contribution in [0.5, 0.6) is 0 Å². The van der Waals surface area contributed by atoms with Crippen molar-refractivity contribution in [1.29, 1.82) is 5.26 Å². The van der Waals surface area contributed by atoms with Gasteiger partial charge in [-0.05, 0) is 49.9 Å². The van der Waals surface area contributed by atoms with Gasteiger partial charge in [-0.25, -0.2) is 15.0 Å². The van der Waals surface area contributed by atoms with Gasteiger partial charge in [-0.2, -0.15) is 5.26 Å². The molecule has 1 amide bonds. The number of nitrogens with two attached hydrogens (primary N) is 1. The average Bonchev–Trinajstić information content (AvgIpc) is 3.30. The van der Waals surface area contributed by atoms with Crippen LogP contribution in [0.25, 0.3) is 16.8 Å². The highest BCUT2D eigenvalue weighted by Crippen LogP contribution is 2.37. The van der Waals surface area contributed by atoms with Crippen molar-refractivity contribution in [3.8, 4) is 17.3 Å². The molecule has 1 aromatic carbocycles. The van der Waals surface area contributed by atoms with Crippen molar-refractivity contribution < 1.29 is 9.53 Å². The third kappa shape index (κ3) is 4.44. The fourth-order valence-electron chi connectivity index (χ4n) is 4.67. The molecule has 1 aliphatic rings. The third-order valence-corrected chi connectivity index (χ3v) is 6.53. The van der Waals surface area contributed by atoms with Crippen molar-refractivity contribution in [3.63, 3.8) is 0 Å². The zero-order valence-electron chi connectivity index (χ0n) is 19.3. The summed E-state index contributed by atoms with van der Waals surface area (Å²) in [6.07, 6.45) is 9.40. The van der Waals surface area contributed by atoms with Crippen molar-refractivity contribution in [1.82, 2.24) is 19.4 Å². The Morgan fingerprint density at radius 3 is 2.63 bits per heavy atom. The smallest absolute Gasteiger partial charge is 0.256 e. The molecule has 35 heavy (non-hydrogen) atoms. The molecule has 9 heteroatoms. The van der Waals surface area contributed by atoms with Crippen LogP contribution in [-0.4, -0.2) is 38.5 Å². The zero-order chi connectivity index (χ0) is 24.4. The number of hydrogen-bond acceptors (Lipinski definition) is 7. The van der Waals surface area contributed by atoms with Crippen LogP contribution in [0.1, 0.15) is 53.3 Å². The van der Waals surface area contributed by atoms with E-state index in [4.69, 9.17) is 20.7 Å². The summed E-state index contributed by atoms with van der Waals surface area (Å²) in [6, 6.07) is 12.3. The number of rotatable bonds is 5. The molecule has 9 nitrogen and oxygen atoms in total. The Labute approximate surface area is 202 Å². The predicted octanol–water partition coefficient (Wildman–Crippen LogP) is 4.17. The molecule has 0 bridgehead atoms. The van der Waals surface area contributed by atoms with Crippen molar-refractivity contribution >= 4 is 23.1 Å². The summed E-state index contributed by atoms with van der Waals surface area (Å²) in [4.78, 5) is 26.1. The number of benzene rings is 1. The SMILES string of the molecule is COC1CCC(c2nc(-c3ccc(C(=O)Nc4cc(C#N)ccn4)cc3)c3c(N)nccn23)CC1. The molecule has 176 valence electrons. The molecule has 1 fully saturated rings. The second-order valence-corrected chi connectivity index (χ2v) is 8.63. The number of amides is 1. The van der Waals surface area contributed by atoms with Gasteiger partial charge >= 0.3 is 0 Å². The number of nitrogens with one attached hydrogen (secondary N) is 1. The topological polar surface area (TPSA) is 131 Å². The molecule has 3 aromatic heterocycles. The Morgan fingerprint density at radius 2 is 1.91 bits per heavy atom. The van der Waals surface area contributed by atoms with Crippen LogP contribution in [0, 0.1) is 11.3 Å². The summed E-state index contributed by atoms with van der Waals surface area (Å²) in [7, 11) is 1.77. The Kier molecular flexibility index (Phi) is 6.12. The first kappa shape index (κ1) is 22.5. The van der Waals surface area contributed by atoms with E-state index in [0.29, 0.717) is 34.8 Å². The van der Waals surface area contributed by atoms with Crippen LogP contribution in [-0.2, 0) is 4.74 Å². The molecule has 5 rings (SSSR count). The third-order valence-electron chi connectivity index (χ3n) is 6.53. The van der Waals surface area contributed by atoms with Crippen LogP contribution in [0.4, 0.5) is 11.6 Å². The number of imidazole rings is 1. The van der Waals surface area contributed by atoms with Crippen LogP contribution in [0.2, 0.25) is 0 Å². The van der Waals surface area contributed by atoms with Gasteiger partial charge in [0.2, 0.25) is 0 Å². The lowest BCUT2D eigenvalue weighted by atomic mass is 9.87. The number of nitriles is 1. The lowest BCUT2D eigenvalue weighted by Gasteiger charge is -2.26. The lowest BCUT2D eigenvalue weighted by molar-refractivity contribution is 0.0650. The number of methoxy groups -OCH3 is 1. The Bertz CT molecular complexity index is 1410. The minimum atomic E-state index is -0.314. The van der Waals surface area contributed by atoms with Crippen LogP contribution in [0.3, 0.4) is 0 Å². The lowest BCUT2D eigenvalue weighted by Crippen LogP contribution is -2.20. The highest BCUT2D eigenvalue weighted by Gasteiger charge is 2.27. The van der Waals surface area contributed by atoms with E-state index in [1.165, 1.54) is 12.3 Å². The number of carbonyl (C=O) groups is 1.